The summed E-state index contributed by atoms with van der Waals surface area (Å²) in [4.78, 5) is 4.47. The Bertz CT molecular complexity index is 1660. The van der Waals surface area contributed by atoms with E-state index in [1.54, 1.807) is 41.0 Å². The van der Waals surface area contributed by atoms with Crippen molar-refractivity contribution in [3.8, 4) is 28.1 Å². The average Bonchev–Trinajstić information content (AvgIpc) is 3.38. The number of anilines is 1. The summed E-state index contributed by atoms with van der Waals surface area (Å²) in [7, 11) is -1.82. The summed E-state index contributed by atoms with van der Waals surface area (Å²) >= 11 is 0. The molecular formula is C23H18F2N6O2S. The zero-order chi connectivity index (χ0) is 24.0. The van der Waals surface area contributed by atoms with Crippen molar-refractivity contribution in [2.45, 2.75) is 0 Å². The third-order valence-corrected chi connectivity index (χ3v) is 5.79. The molecule has 172 valence electrons. The molecule has 0 saturated heterocycles. The number of hydrogen-bond acceptors (Lipinski definition) is 5. The van der Waals surface area contributed by atoms with Gasteiger partial charge >= 0.3 is 0 Å². The Hall–Kier alpha value is -4.12. The van der Waals surface area contributed by atoms with Gasteiger partial charge in [-0.15, -0.1) is 5.10 Å². The zero-order valence-corrected chi connectivity index (χ0v) is 18.9. The SMILES string of the molecule is Cn1cc(-c2ccc3c(c2)ncn3-c2cc(NS(C)(=O)=O)cc(-c3ccc(F)cc3F)c2)nn1. The molecule has 0 spiro atoms. The van der Waals surface area contributed by atoms with Gasteiger partial charge in [0.05, 0.1) is 29.2 Å². The van der Waals surface area contributed by atoms with Gasteiger partial charge in [-0.25, -0.2) is 22.2 Å². The van der Waals surface area contributed by atoms with Crippen molar-refractivity contribution in [3.63, 3.8) is 0 Å². The summed E-state index contributed by atoms with van der Waals surface area (Å²) in [5, 5.41) is 8.06. The zero-order valence-electron chi connectivity index (χ0n) is 18.1. The number of aryl methyl sites for hydroxylation is 1. The van der Waals surface area contributed by atoms with Crippen molar-refractivity contribution in [1.29, 1.82) is 0 Å². The Morgan fingerprint density at radius 2 is 1.79 bits per heavy atom. The minimum absolute atomic E-state index is 0.133. The molecule has 3 aromatic carbocycles. The van der Waals surface area contributed by atoms with Crippen LogP contribution in [-0.2, 0) is 17.1 Å². The number of aromatic nitrogens is 5. The van der Waals surface area contributed by atoms with Gasteiger partial charge < -0.3 is 0 Å². The van der Waals surface area contributed by atoms with Crippen molar-refractivity contribution in [1.82, 2.24) is 24.5 Å². The van der Waals surface area contributed by atoms with E-state index < -0.39 is 21.7 Å². The summed E-state index contributed by atoms with van der Waals surface area (Å²) in [5.41, 5.74) is 4.25. The average molecular weight is 481 g/mol. The fourth-order valence-corrected chi connectivity index (χ4v) is 4.31. The van der Waals surface area contributed by atoms with Gasteiger partial charge in [-0.2, -0.15) is 0 Å². The second kappa shape index (κ2) is 8.03. The Morgan fingerprint density at radius 3 is 2.50 bits per heavy atom. The van der Waals surface area contributed by atoms with Gasteiger partial charge in [-0.1, -0.05) is 11.3 Å². The van der Waals surface area contributed by atoms with E-state index in [4.69, 9.17) is 0 Å². The molecule has 0 atom stereocenters. The Balaban J connectivity index is 1.65. The number of imidazole rings is 1. The minimum Gasteiger partial charge on any atom is -0.299 e. The third kappa shape index (κ3) is 4.25. The van der Waals surface area contributed by atoms with Crippen molar-refractivity contribution >= 4 is 26.7 Å². The van der Waals surface area contributed by atoms with Gasteiger partial charge in [0.2, 0.25) is 10.0 Å². The first-order chi connectivity index (χ1) is 16.2. The molecule has 1 N–H and O–H groups in total. The summed E-state index contributed by atoms with van der Waals surface area (Å²) in [6, 6.07) is 13.6. The predicted molar refractivity (Wildman–Crippen MR) is 125 cm³/mol. The molecule has 5 aromatic rings. The molecular weight excluding hydrogens is 462 g/mol. The first-order valence-corrected chi connectivity index (χ1v) is 12.0. The Kier molecular flexibility index (Phi) is 5.13. The van der Waals surface area contributed by atoms with E-state index in [1.165, 1.54) is 12.1 Å². The first kappa shape index (κ1) is 21.7. The van der Waals surface area contributed by atoms with Crippen LogP contribution in [-0.4, -0.2) is 39.2 Å². The number of rotatable bonds is 5. The Morgan fingerprint density at radius 1 is 0.971 bits per heavy atom. The molecule has 34 heavy (non-hydrogen) atoms. The summed E-state index contributed by atoms with van der Waals surface area (Å²) in [5.74, 6) is -1.46. The van der Waals surface area contributed by atoms with E-state index >= 15 is 0 Å². The van der Waals surface area contributed by atoms with Crippen LogP contribution in [0.5, 0.6) is 0 Å². The molecule has 5 rings (SSSR count). The van der Waals surface area contributed by atoms with Crippen LogP contribution in [0.4, 0.5) is 14.5 Å². The highest BCUT2D eigenvalue weighted by molar-refractivity contribution is 7.92. The molecule has 0 aliphatic carbocycles. The predicted octanol–water partition coefficient (Wildman–Crippen LogP) is 4.14. The number of nitrogens with zero attached hydrogens (tertiary/aromatic N) is 5. The van der Waals surface area contributed by atoms with Gasteiger partial charge in [0.1, 0.15) is 23.7 Å². The van der Waals surface area contributed by atoms with Gasteiger partial charge in [0.15, 0.2) is 0 Å². The van der Waals surface area contributed by atoms with Gasteiger partial charge in [0, 0.05) is 29.9 Å². The van der Waals surface area contributed by atoms with E-state index in [2.05, 4.69) is 20.0 Å². The van der Waals surface area contributed by atoms with Crippen molar-refractivity contribution in [3.05, 3.63) is 78.8 Å². The molecule has 2 aromatic heterocycles. The fourth-order valence-electron chi connectivity index (χ4n) is 3.76. The molecule has 0 unspecified atom stereocenters. The lowest BCUT2D eigenvalue weighted by Gasteiger charge is -2.13. The normalized spacial score (nSPS) is 11.8. The topological polar surface area (TPSA) is 94.7 Å². The standard InChI is InChI=1S/C23H18F2N6O2S/c1-30-12-22(27-29-30)14-3-6-23-21(9-14)26-13-31(23)18-8-15(7-17(11-18)28-34(2,32)33)19-5-4-16(24)10-20(19)25/h3-13,28H,1-2H3. The highest BCUT2D eigenvalue weighted by Gasteiger charge is 2.14. The molecule has 0 aliphatic heterocycles. The van der Waals surface area contributed by atoms with Gasteiger partial charge in [-0.3, -0.25) is 14.0 Å². The lowest BCUT2D eigenvalue weighted by Crippen LogP contribution is -2.10. The smallest absolute Gasteiger partial charge is 0.229 e. The molecule has 2 heterocycles. The van der Waals surface area contributed by atoms with E-state index in [0.29, 0.717) is 22.5 Å². The molecule has 0 fully saturated rings. The van der Waals surface area contributed by atoms with E-state index in [-0.39, 0.29) is 11.3 Å². The van der Waals surface area contributed by atoms with E-state index in [9.17, 15) is 17.2 Å². The molecule has 0 amide bonds. The van der Waals surface area contributed by atoms with Crippen LogP contribution in [0.15, 0.2) is 67.1 Å². The largest absolute Gasteiger partial charge is 0.299 e. The highest BCUT2D eigenvalue weighted by Crippen LogP contribution is 2.31. The van der Waals surface area contributed by atoms with Crippen LogP contribution in [0, 0.1) is 11.6 Å². The second-order valence-corrected chi connectivity index (χ2v) is 9.61. The van der Waals surface area contributed by atoms with E-state index in [0.717, 1.165) is 29.5 Å². The Labute approximate surface area is 193 Å². The van der Waals surface area contributed by atoms with Gasteiger partial charge in [-0.05, 0) is 48.0 Å². The molecule has 0 radical (unpaired) electrons. The maximum Gasteiger partial charge on any atom is 0.229 e. The monoisotopic (exact) mass is 480 g/mol. The number of hydrogen-bond donors (Lipinski definition) is 1. The number of nitrogens with one attached hydrogen (secondary N) is 1. The van der Waals surface area contributed by atoms with Gasteiger partial charge in [0.25, 0.3) is 0 Å². The van der Waals surface area contributed by atoms with Crippen LogP contribution < -0.4 is 4.72 Å². The highest BCUT2D eigenvalue weighted by atomic mass is 32.2. The summed E-state index contributed by atoms with van der Waals surface area (Å²) in [6.45, 7) is 0. The first-order valence-electron chi connectivity index (χ1n) is 10.1. The minimum atomic E-state index is -3.60. The molecule has 8 nitrogen and oxygen atoms in total. The van der Waals surface area contributed by atoms with Crippen LogP contribution in [0.25, 0.3) is 39.1 Å². The third-order valence-electron chi connectivity index (χ3n) is 5.19. The number of sulfonamides is 1. The summed E-state index contributed by atoms with van der Waals surface area (Å²) < 4.78 is 57.5. The van der Waals surface area contributed by atoms with Crippen molar-refractivity contribution in [2.75, 3.05) is 11.0 Å². The lowest BCUT2D eigenvalue weighted by molar-refractivity contribution is 0.585. The molecule has 0 aliphatic rings. The van der Waals surface area contributed by atoms with Crippen LogP contribution in [0.3, 0.4) is 0 Å². The van der Waals surface area contributed by atoms with Crippen LogP contribution in [0.1, 0.15) is 0 Å². The lowest BCUT2D eigenvalue weighted by atomic mass is 10.0. The molecule has 0 bridgehead atoms. The van der Waals surface area contributed by atoms with Crippen molar-refractivity contribution < 1.29 is 17.2 Å². The summed E-state index contributed by atoms with van der Waals surface area (Å²) in [6.07, 6.45) is 4.41. The number of halogens is 2. The van der Waals surface area contributed by atoms with Crippen LogP contribution >= 0.6 is 0 Å². The maximum atomic E-state index is 14.5. The molecule has 0 saturated carbocycles. The van der Waals surface area contributed by atoms with E-state index in [1.807, 2.05) is 18.2 Å². The quantitative estimate of drug-likeness (QED) is 0.408. The molecule has 11 heteroatoms. The fraction of sp³-hybridized carbons (Fsp3) is 0.0870. The maximum absolute atomic E-state index is 14.5. The second-order valence-electron chi connectivity index (χ2n) is 7.86. The number of fused-ring (bicyclic) bond motifs is 1. The van der Waals surface area contributed by atoms with Crippen molar-refractivity contribution in [2.24, 2.45) is 7.05 Å². The number of benzene rings is 3. The van der Waals surface area contributed by atoms with Crippen LogP contribution in [0.2, 0.25) is 0 Å².